The molecule has 1 fully saturated rings. The lowest BCUT2D eigenvalue weighted by molar-refractivity contribution is -0.140. The zero-order valence-electron chi connectivity index (χ0n) is 18.8. The number of alkyl halides is 3. The molecule has 1 aliphatic rings. The van der Waals surface area contributed by atoms with Gasteiger partial charge in [-0.2, -0.15) is 18.2 Å². The van der Waals surface area contributed by atoms with Gasteiger partial charge in [-0.3, -0.25) is 9.59 Å². The van der Waals surface area contributed by atoms with E-state index >= 15 is 0 Å². The smallest absolute Gasteiger partial charge is 0.370 e. The summed E-state index contributed by atoms with van der Waals surface area (Å²) in [5.41, 5.74) is 15.4. The predicted molar refractivity (Wildman–Crippen MR) is 123 cm³/mol. The topological polar surface area (TPSA) is 128 Å². The molecule has 0 aromatic heterocycles. The molecule has 2 amide bonds. The average Bonchev–Trinajstić information content (AvgIpc) is 2.77. The molecule has 1 aliphatic heterocycles. The molecule has 1 heterocycles. The molecule has 0 bridgehead atoms. The number of hydrogen-bond acceptors (Lipinski definition) is 3. The van der Waals surface area contributed by atoms with Gasteiger partial charge in [-0.05, 0) is 55.4 Å². The molecule has 10 heteroatoms. The van der Waals surface area contributed by atoms with Crippen LogP contribution in [-0.2, 0) is 17.4 Å². The van der Waals surface area contributed by atoms with E-state index in [0.29, 0.717) is 19.3 Å². The summed E-state index contributed by atoms with van der Waals surface area (Å²) in [5.74, 6) is -2.13. The Balaban J connectivity index is 1.74. The largest absolute Gasteiger partial charge is 0.416 e. The first-order chi connectivity index (χ1) is 15.9. The number of aliphatic imine (C=N–C) groups is 1. The van der Waals surface area contributed by atoms with Crippen LogP contribution in [0.1, 0.15) is 52.7 Å². The van der Waals surface area contributed by atoms with E-state index in [9.17, 15) is 22.8 Å². The number of nitrogens with two attached hydrogens (primary N) is 3. The van der Waals surface area contributed by atoms with E-state index in [4.69, 9.17) is 17.2 Å². The number of likely N-dealkylation sites (tertiary alicyclic amines) is 1. The molecule has 1 saturated heterocycles. The summed E-state index contributed by atoms with van der Waals surface area (Å²) >= 11 is 0. The van der Waals surface area contributed by atoms with Crippen molar-refractivity contribution in [2.75, 3.05) is 13.1 Å². The van der Waals surface area contributed by atoms with E-state index in [-0.39, 0.29) is 30.1 Å². The molecule has 1 atom stereocenters. The number of nitrogens with zero attached hydrogens (tertiary/aromatic N) is 2. The molecule has 6 N–H and O–H groups in total. The van der Waals surface area contributed by atoms with E-state index in [0.717, 1.165) is 11.6 Å². The highest BCUT2D eigenvalue weighted by Crippen LogP contribution is 2.39. The molecule has 2 aromatic carbocycles. The van der Waals surface area contributed by atoms with Gasteiger partial charge in [0, 0.05) is 18.7 Å². The number of halogens is 3. The summed E-state index contributed by atoms with van der Waals surface area (Å²) in [5, 5.41) is 0. The van der Waals surface area contributed by atoms with Crippen molar-refractivity contribution >= 4 is 17.8 Å². The molecular formula is C24H28F3N5O2. The molecule has 182 valence electrons. The van der Waals surface area contributed by atoms with Crippen LogP contribution in [0.2, 0.25) is 0 Å². The van der Waals surface area contributed by atoms with Crippen LogP contribution >= 0.6 is 0 Å². The second-order valence-electron chi connectivity index (χ2n) is 8.79. The first-order valence-corrected chi connectivity index (χ1v) is 10.9. The number of hydrogen-bond donors (Lipinski definition) is 3. The van der Waals surface area contributed by atoms with Gasteiger partial charge in [0.25, 0.3) is 5.91 Å². The van der Waals surface area contributed by atoms with Gasteiger partial charge >= 0.3 is 6.18 Å². The van der Waals surface area contributed by atoms with Crippen LogP contribution in [0.5, 0.6) is 0 Å². The lowest BCUT2D eigenvalue weighted by Gasteiger charge is -2.37. The Hall–Kier alpha value is -3.40. The van der Waals surface area contributed by atoms with Crippen molar-refractivity contribution in [3.05, 3.63) is 70.8 Å². The fraction of sp³-hybridized carbons (Fsp3) is 0.375. The minimum atomic E-state index is -4.66. The zero-order valence-corrected chi connectivity index (χ0v) is 18.8. The Labute approximate surface area is 195 Å². The maximum atomic E-state index is 13.8. The molecule has 0 unspecified atom stereocenters. The number of amides is 2. The summed E-state index contributed by atoms with van der Waals surface area (Å²) in [7, 11) is 0. The average molecular weight is 476 g/mol. The van der Waals surface area contributed by atoms with E-state index in [2.05, 4.69) is 4.99 Å². The Morgan fingerprint density at radius 3 is 2.24 bits per heavy atom. The molecule has 34 heavy (non-hydrogen) atoms. The third kappa shape index (κ3) is 5.93. The first-order valence-electron chi connectivity index (χ1n) is 10.9. The summed E-state index contributed by atoms with van der Waals surface area (Å²) in [6, 6.07) is 12.8. The fourth-order valence-corrected chi connectivity index (χ4v) is 4.32. The maximum Gasteiger partial charge on any atom is 0.416 e. The molecule has 0 saturated carbocycles. The van der Waals surface area contributed by atoms with Crippen LogP contribution in [0.15, 0.2) is 53.5 Å². The molecule has 0 spiro atoms. The van der Waals surface area contributed by atoms with Crippen LogP contribution in [-0.4, -0.2) is 41.3 Å². The number of carbonyl (C=O) groups is 2. The SMILES string of the molecule is C[C@](N)(Cc1ccccc1)C(=O)N1CCC(c2ccc(C(=O)N=C(N)N)cc2C(F)(F)F)CC1. The van der Waals surface area contributed by atoms with Crippen molar-refractivity contribution in [2.24, 2.45) is 22.2 Å². The Kier molecular flexibility index (Phi) is 7.30. The molecule has 2 aromatic rings. The van der Waals surface area contributed by atoms with Crippen LogP contribution in [0, 0.1) is 0 Å². The van der Waals surface area contributed by atoms with Crippen LogP contribution < -0.4 is 17.2 Å². The van der Waals surface area contributed by atoms with Gasteiger partial charge in [0.05, 0.1) is 11.1 Å². The Morgan fingerprint density at radius 1 is 1.06 bits per heavy atom. The van der Waals surface area contributed by atoms with Crippen molar-refractivity contribution < 1.29 is 22.8 Å². The number of guanidine groups is 1. The van der Waals surface area contributed by atoms with Crippen molar-refractivity contribution in [3.63, 3.8) is 0 Å². The second-order valence-corrected chi connectivity index (χ2v) is 8.79. The van der Waals surface area contributed by atoms with Crippen LogP contribution in [0.25, 0.3) is 0 Å². The van der Waals surface area contributed by atoms with Gasteiger partial charge in [0.2, 0.25) is 5.91 Å². The Bertz CT molecular complexity index is 1070. The molecular weight excluding hydrogens is 447 g/mol. The van der Waals surface area contributed by atoms with Gasteiger partial charge in [-0.15, -0.1) is 0 Å². The third-order valence-corrected chi connectivity index (χ3v) is 5.96. The lowest BCUT2D eigenvalue weighted by atomic mass is 9.84. The van der Waals surface area contributed by atoms with E-state index in [1.807, 2.05) is 30.3 Å². The quantitative estimate of drug-likeness (QED) is 0.453. The standard InChI is InChI=1S/C24H28F3N5O2/c1-23(30,14-15-5-3-2-4-6-15)21(34)32-11-9-16(10-12-32)18-8-7-17(20(33)31-22(28)29)13-19(18)24(25,26)27/h2-8,13,16H,9-12,14,30H2,1H3,(H4,28,29,31,33)/t23-/m0/s1. The molecule has 0 aliphatic carbocycles. The van der Waals surface area contributed by atoms with E-state index < -0.39 is 35.1 Å². The van der Waals surface area contributed by atoms with Gasteiger partial charge in [0.15, 0.2) is 5.96 Å². The fourth-order valence-electron chi connectivity index (χ4n) is 4.32. The maximum absolute atomic E-state index is 13.8. The summed E-state index contributed by atoms with van der Waals surface area (Å²) < 4.78 is 41.4. The highest BCUT2D eigenvalue weighted by Gasteiger charge is 2.39. The van der Waals surface area contributed by atoms with Crippen LogP contribution in [0.3, 0.4) is 0 Å². The lowest BCUT2D eigenvalue weighted by Crippen LogP contribution is -2.56. The Morgan fingerprint density at radius 2 is 1.68 bits per heavy atom. The predicted octanol–water partition coefficient (Wildman–Crippen LogP) is 2.79. The first kappa shape index (κ1) is 25.2. The number of rotatable bonds is 5. The zero-order chi connectivity index (χ0) is 25.1. The summed E-state index contributed by atoms with van der Waals surface area (Å²) in [4.78, 5) is 30.0. The summed E-state index contributed by atoms with van der Waals surface area (Å²) in [6.45, 7) is 2.25. The second kappa shape index (κ2) is 9.84. The van der Waals surface area contributed by atoms with Gasteiger partial charge in [-0.25, -0.2) is 0 Å². The number of benzene rings is 2. The monoisotopic (exact) mass is 475 g/mol. The minimum absolute atomic E-state index is 0.0839. The minimum Gasteiger partial charge on any atom is -0.370 e. The van der Waals surface area contributed by atoms with Gasteiger partial charge in [0.1, 0.15) is 0 Å². The summed E-state index contributed by atoms with van der Waals surface area (Å²) in [6.07, 6.45) is -3.62. The molecule has 0 radical (unpaired) electrons. The highest BCUT2D eigenvalue weighted by molar-refractivity contribution is 6.02. The van der Waals surface area contributed by atoms with Gasteiger partial charge in [-0.1, -0.05) is 36.4 Å². The van der Waals surface area contributed by atoms with Crippen molar-refractivity contribution in [1.29, 1.82) is 0 Å². The van der Waals surface area contributed by atoms with Gasteiger partial charge < -0.3 is 22.1 Å². The number of carbonyl (C=O) groups excluding carboxylic acids is 2. The third-order valence-electron chi connectivity index (χ3n) is 5.96. The van der Waals surface area contributed by atoms with Crippen molar-refractivity contribution in [2.45, 2.75) is 43.8 Å². The highest BCUT2D eigenvalue weighted by atomic mass is 19.4. The van der Waals surface area contributed by atoms with Crippen molar-refractivity contribution in [3.8, 4) is 0 Å². The van der Waals surface area contributed by atoms with Crippen LogP contribution in [0.4, 0.5) is 13.2 Å². The van der Waals surface area contributed by atoms with E-state index in [1.165, 1.54) is 12.1 Å². The normalized spacial score (nSPS) is 16.6. The number of piperidine rings is 1. The molecule has 7 nitrogen and oxygen atoms in total. The van der Waals surface area contributed by atoms with Crippen molar-refractivity contribution in [1.82, 2.24) is 4.90 Å². The van der Waals surface area contributed by atoms with E-state index in [1.54, 1.807) is 11.8 Å². The molecule has 3 rings (SSSR count).